The number of esters is 1. The molecule has 1 rings (SSSR count). The van der Waals surface area contributed by atoms with Gasteiger partial charge in [0.15, 0.2) is 0 Å². The number of unbranched alkanes of at least 4 members (excludes halogenated alkanes) is 2. The Morgan fingerprint density at radius 1 is 1.26 bits per heavy atom. The van der Waals surface area contributed by atoms with Crippen molar-refractivity contribution in [3.63, 3.8) is 0 Å². The molecule has 4 heteroatoms. The van der Waals surface area contributed by atoms with E-state index in [1.54, 1.807) is 0 Å². The molecule has 0 aliphatic carbocycles. The van der Waals surface area contributed by atoms with E-state index < -0.39 is 4.75 Å². The standard InChI is InChI=1S/C19H26O3S/c1-3-4-5-9-13-19(2,23-15-10-14-20)18(21)22-16-17-11-7-6-8-12-17/h6-9,11-14H,3-5,10,15-16H2,1-2H3/t19-/m0/s1. The number of thioether (sulfide) groups is 1. The van der Waals surface area contributed by atoms with Crippen molar-refractivity contribution < 1.29 is 14.3 Å². The van der Waals surface area contributed by atoms with E-state index in [0.717, 1.165) is 31.1 Å². The molecule has 0 aliphatic rings. The number of hydrogen-bond donors (Lipinski definition) is 0. The van der Waals surface area contributed by atoms with E-state index in [-0.39, 0.29) is 12.6 Å². The lowest BCUT2D eigenvalue weighted by Gasteiger charge is -2.23. The number of carbonyl (C=O) groups excluding carboxylic acids is 2. The van der Waals surface area contributed by atoms with Crippen LogP contribution in [0.1, 0.15) is 45.1 Å². The molecular formula is C19H26O3S. The predicted octanol–water partition coefficient (Wildman–Crippen LogP) is 4.56. The molecule has 0 saturated heterocycles. The van der Waals surface area contributed by atoms with Crippen LogP contribution < -0.4 is 0 Å². The molecule has 0 bridgehead atoms. The summed E-state index contributed by atoms with van der Waals surface area (Å²) in [6.07, 6.45) is 8.46. The fourth-order valence-corrected chi connectivity index (χ4v) is 3.00. The number of hydrogen-bond acceptors (Lipinski definition) is 4. The van der Waals surface area contributed by atoms with Crippen molar-refractivity contribution in [3.8, 4) is 0 Å². The summed E-state index contributed by atoms with van der Waals surface area (Å²) in [5, 5.41) is 0. The first-order valence-corrected chi connectivity index (χ1v) is 9.07. The van der Waals surface area contributed by atoms with E-state index in [0.29, 0.717) is 12.2 Å². The Kier molecular flexibility index (Phi) is 9.37. The molecule has 0 amide bonds. The highest BCUT2D eigenvalue weighted by atomic mass is 32.2. The maximum Gasteiger partial charge on any atom is 0.326 e. The van der Waals surface area contributed by atoms with E-state index >= 15 is 0 Å². The lowest BCUT2D eigenvalue weighted by molar-refractivity contribution is -0.146. The zero-order valence-electron chi connectivity index (χ0n) is 14.0. The maximum atomic E-state index is 12.5. The van der Waals surface area contributed by atoms with Crippen molar-refractivity contribution in [1.82, 2.24) is 0 Å². The SMILES string of the molecule is CCCCC=C[C@](C)(SCCC=O)C(=O)OCc1ccccc1. The normalized spacial score (nSPS) is 13.7. The molecule has 1 aromatic carbocycles. The molecule has 1 aromatic rings. The summed E-state index contributed by atoms with van der Waals surface area (Å²) in [6, 6.07) is 9.64. The fourth-order valence-electron chi connectivity index (χ4n) is 1.99. The Hall–Kier alpha value is -1.55. The van der Waals surface area contributed by atoms with Crippen molar-refractivity contribution >= 4 is 24.0 Å². The molecule has 0 spiro atoms. The highest BCUT2D eigenvalue weighted by Gasteiger charge is 2.32. The van der Waals surface area contributed by atoms with Crippen LogP contribution in [-0.4, -0.2) is 22.8 Å². The second kappa shape index (κ2) is 11.1. The highest BCUT2D eigenvalue weighted by molar-refractivity contribution is 8.01. The van der Waals surface area contributed by atoms with Gasteiger partial charge in [0.05, 0.1) is 0 Å². The Labute approximate surface area is 143 Å². The molecule has 0 heterocycles. The molecule has 0 radical (unpaired) electrons. The first-order chi connectivity index (χ1) is 11.1. The summed E-state index contributed by atoms with van der Waals surface area (Å²) in [4.78, 5) is 23.0. The van der Waals surface area contributed by atoms with Gasteiger partial charge in [0, 0.05) is 12.2 Å². The largest absolute Gasteiger partial charge is 0.460 e. The number of allylic oxidation sites excluding steroid dienone is 1. The number of aldehydes is 1. The summed E-state index contributed by atoms with van der Waals surface area (Å²) in [6.45, 7) is 4.27. The predicted molar refractivity (Wildman–Crippen MR) is 96.4 cm³/mol. The summed E-state index contributed by atoms with van der Waals surface area (Å²) in [7, 11) is 0. The van der Waals surface area contributed by atoms with E-state index in [9.17, 15) is 9.59 Å². The van der Waals surface area contributed by atoms with Gasteiger partial charge in [-0.25, -0.2) is 0 Å². The van der Waals surface area contributed by atoms with E-state index in [1.807, 2.05) is 49.4 Å². The van der Waals surface area contributed by atoms with Crippen LogP contribution in [0.3, 0.4) is 0 Å². The highest BCUT2D eigenvalue weighted by Crippen LogP contribution is 2.29. The summed E-state index contributed by atoms with van der Waals surface area (Å²) in [5.41, 5.74) is 0.969. The molecule has 0 saturated carbocycles. The van der Waals surface area contributed by atoms with Crippen LogP contribution in [0.4, 0.5) is 0 Å². The van der Waals surface area contributed by atoms with Crippen LogP contribution in [0.15, 0.2) is 42.5 Å². The van der Waals surface area contributed by atoms with E-state index in [2.05, 4.69) is 6.92 Å². The Balaban J connectivity index is 2.66. The smallest absolute Gasteiger partial charge is 0.326 e. The minimum absolute atomic E-state index is 0.259. The molecule has 0 aliphatic heterocycles. The van der Waals surface area contributed by atoms with Gasteiger partial charge in [-0.1, -0.05) is 62.2 Å². The Morgan fingerprint density at radius 3 is 2.65 bits per heavy atom. The van der Waals surface area contributed by atoms with Gasteiger partial charge < -0.3 is 9.53 Å². The van der Waals surface area contributed by atoms with Crippen LogP contribution in [0.2, 0.25) is 0 Å². The van der Waals surface area contributed by atoms with Gasteiger partial charge in [-0.2, -0.15) is 0 Å². The minimum atomic E-state index is -0.745. The first-order valence-electron chi connectivity index (χ1n) is 8.09. The quantitative estimate of drug-likeness (QED) is 0.257. The first kappa shape index (κ1) is 19.5. The monoisotopic (exact) mass is 334 g/mol. The molecule has 0 aromatic heterocycles. The van der Waals surface area contributed by atoms with Gasteiger partial charge in [-0.15, -0.1) is 11.8 Å². The van der Waals surface area contributed by atoms with Crippen LogP contribution >= 0.6 is 11.8 Å². The van der Waals surface area contributed by atoms with Crippen molar-refractivity contribution in [1.29, 1.82) is 0 Å². The molecule has 3 nitrogen and oxygen atoms in total. The van der Waals surface area contributed by atoms with Gasteiger partial charge in [-0.3, -0.25) is 4.79 Å². The van der Waals surface area contributed by atoms with Gasteiger partial charge >= 0.3 is 5.97 Å². The molecule has 0 N–H and O–H groups in total. The fraction of sp³-hybridized carbons (Fsp3) is 0.474. The number of ether oxygens (including phenoxy) is 1. The van der Waals surface area contributed by atoms with Crippen LogP contribution in [0.5, 0.6) is 0 Å². The van der Waals surface area contributed by atoms with Crippen molar-refractivity contribution in [2.75, 3.05) is 5.75 Å². The second-order valence-electron chi connectivity index (χ2n) is 5.52. The number of benzene rings is 1. The molecule has 126 valence electrons. The average molecular weight is 334 g/mol. The van der Waals surface area contributed by atoms with E-state index in [4.69, 9.17) is 4.74 Å². The lowest BCUT2D eigenvalue weighted by atomic mass is 10.1. The van der Waals surface area contributed by atoms with Crippen molar-refractivity contribution in [2.45, 2.75) is 50.9 Å². The van der Waals surface area contributed by atoms with Crippen LogP contribution in [-0.2, 0) is 20.9 Å². The third-order valence-corrected chi connectivity index (χ3v) is 4.76. The van der Waals surface area contributed by atoms with Gasteiger partial charge in [0.25, 0.3) is 0 Å². The zero-order valence-corrected chi connectivity index (χ0v) is 14.8. The Bertz CT molecular complexity index is 499. The molecule has 1 atom stereocenters. The van der Waals surface area contributed by atoms with Gasteiger partial charge in [0.1, 0.15) is 17.6 Å². The molecule has 0 fully saturated rings. The lowest BCUT2D eigenvalue weighted by Crippen LogP contribution is -2.32. The third-order valence-electron chi connectivity index (χ3n) is 3.42. The summed E-state index contributed by atoms with van der Waals surface area (Å²) in [5.74, 6) is 0.350. The van der Waals surface area contributed by atoms with Crippen molar-refractivity contribution in [3.05, 3.63) is 48.0 Å². The minimum Gasteiger partial charge on any atom is -0.460 e. The topological polar surface area (TPSA) is 43.4 Å². The van der Waals surface area contributed by atoms with Gasteiger partial charge in [-0.05, 0) is 18.9 Å². The van der Waals surface area contributed by atoms with Crippen LogP contribution in [0.25, 0.3) is 0 Å². The summed E-state index contributed by atoms with van der Waals surface area (Å²) < 4.78 is 4.74. The average Bonchev–Trinajstić information content (AvgIpc) is 2.58. The van der Waals surface area contributed by atoms with Crippen molar-refractivity contribution in [2.24, 2.45) is 0 Å². The van der Waals surface area contributed by atoms with Gasteiger partial charge in [0.2, 0.25) is 0 Å². The van der Waals surface area contributed by atoms with Crippen LogP contribution in [0, 0.1) is 0 Å². The summed E-state index contributed by atoms with van der Waals surface area (Å²) >= 11 is 1.46. The molecule has 23 heavy (non-hydrogen) atoms. The molecule has 0 unspecified atom stereocenters. The number of rotatable bonds is 11. The van der Waals surface area contributed by atoms with E-state index in [1.165, 1.54) is 11.8 Å². The number of carbonyl (C=O) groups is 2. The maximum absolute atomic E-state index is 12.5. The Morgan fingerprint density at radius 2 is 2.00 bits per heavy atom. The third kappa shape index (κ3) is 7.51. The second-order valence-corrected chi connectivity index (χ2v) is 7.06. The molecular weight excluding hydrogens is 308 g/mol. The zero-order chi connectivity index (χ0) is 17.0.